The molecule has 0 unspecified atom stereocenters. The molecule has 0 aromatic carbocycles. The lowest BCUT2D eigenvalue weighted by Gasteiger charge is -2.18. The van der Waals surface area contributed by atoms with Crippen LogP contribution < -0.4 is 0 Å². The smallest absolute Gasteiger partial charge is 0.306 e. The molecular formula is C54H104O6. The maximum absolute atomic E-state index is 12.8. The highest BCUT2D eigenvalue weighted by Gasteiger charge is 2.19. The van der Waals surface area contributed by atoms with Gasteiger partial charge in [-0.1, -0.05) is 265 Å². The van der Waals surface area contributed by atoms with E-state index in [0.717, 1.165) is 63.7 Å². The zero-order chi connectivity index (χ0) is 43.8. The van der Waals surface area contributed by atoms with Crippen molar-refractivity contribution >= 4 is 17.9 Å². The fourth-order valence-corrected chi connectivity index (χ4v) is 8.22. The van der Waals surface area contributed by atoms with Crippen molar-refractivity contribution in [2.75, 3.05) is 13.2 Å². The normalized spacial score (nSPS) is 11.9. The van der Waals surface area contributed by atoms with Crippen LogP contribution >= 0.6 is 0 Å². The number of ether oxygens (including phenoxy) is 3. The van der Waals surface area contributed by atoms with Gasteiger partial charge in [-0.2, -0.15) is 0 Å². The highest BCUT2D eigenvalue weighted by molar-refractivity contribution is 5.71. The molecule has 0 saturated carbocycles. The van der Waals surface area contributed by atoms with E-state index in [9.17, 15) is 14.4 Å². The molecule has 0 aliphatic rings. The van der Waals surface area contributed by atoms with Crippen molar-refractivity contribution in [3.8, 4) is 0 Å². The molecule has 0 aromatic heterocycles. The molecule has 6 heteroatoms. The summed E-state index contributed by atoms with van der Waals surface area (Å²) < 4.78 is 16.8. The molecule has 60 heavy (non-hydrogen) atoms. The first-order valence-electron chi connectivity index (χ1n) is 26.9. The van der Waals surface area contributed by atoms with Crippen LogP contribution in [-0.2, 0) is 28.6 Å². The predicted molar refractivity (Wildman–Crippen MR) is 257 cm³/mol. The number of esters is 3. The van der Waals surface area contributed by atoms with Crippen LogP contribution in [0, 0.1) is 5.92 Å². The lowest BCUT2D eigenvalue weighted by molar-refractivity contribution is -0.167. The van der Waals surface area contributed by atoms with E-state index in [1.807, 2.05) is 0 Å². The molecule has 1 atom stereocenters. The molecule has 6 nitrogen and oxygen atoms in total. The molecule has 356 valence electrons. The first-order chi connectivity index (χ1) is 29.4. The largest absolute Gasteiger partial charge is 0.462 e. The second-order valence-electron chi connectivity index (χ2n) is 19.0. The quantitative estimate of drug-likeness (QED) is 0.0345. The third-order valence-corrected chi connectivity index (χ3v) is 12.3. The van der Waals surface area contributed by atoms with Gasteiger partial charge in [-0.05, 0) is 25.2 Å². The van der Waals surface area contributed by atoms with Crippen molar-refractivity contribution in [2.45, 2.75) is 310 Å². The molecule has 0 saturated heterocycles. The first-order valence-corrected chi connectivity index (χ1v) is 26.9. The van der Waals surface area contributed by atoms with Gasteiger partial charge in [0.05, 0.1) is 0 Å². The Hall–Kier alpha value is -1.59. The summed E-state index contributed by atoms with van der Waals surface area (Å²) in [4.78, 5) is 38.0. The van der Waals surface area contributed by atoms with Gasteiger partial charge >= 0.3 is 17.9 Å². The Kier molecular flexibility index (Phi) is 47.2. The topological polar surface area (TPSA) is 78.9 Å². The lowest BCUT2D eigenvalue weighted by Crippen LogP contribution is -2.30. The highest BCUT2D eigenvalue weighted by atomic mass is 16.6. The molecule has 0 amide bonds. The van der Waals surface area contributed by atoms with Gasteiger partial charge in [-0.25, -0.2) is 0 Å². The average molecular weight is 849 g/mol. The minimum absolute atomic E-state index is 0.0628. The van der Waals surface area contributed by atoms with Crippen LogP contribution in [0.4, 0.5) is 0 Å². The van der Waals surface area contributed by atoms with Gasteiger partial charge in [0.2, 0.25) is 0 Å². The summed E-state index contributed by atoms with van der Waals surface area (Å²) in [6.45, 7) is 9.01. The minimum Gasteiger partial charge on any atom is -0.462 e. The van der Waals surface area contributed by atoms with E-state index in [4.69, 9.17) is 14.2 Å². The summed E-state index contributed by atoms with van der Waals surface area (Å²) in [5.41, 5.74) is 0. The molecule has 0 aliphatic carbocycles. The van der Waals surface area contributed by atoms with Gasteiger partial charge in [0.1, 0.15) is 13.2 Å². The van der Waals surface area contributed by atoms with E-state index in [1.54, 1.807) is 0 Å². The molecule has 0 aromatic rings. The molecule has 0 bridgehead atoms. The summed E-state index contributed by atoms with van der Waals surface area (Å²) in [6, 6.07) is 0. The van der Waals surface area contributed by atoms with E-state index in [1.165, 1.54) is 199 Å². The van der Waals surface area contributed by atoms with E-state index >= 15 is 0 Å². The predicted octanol–water partition coefficient (Wildman–Crippen LogP) is 17.5. The Morgan fingerprint density at radius 2 is 0.550 bits per heavy atom. The summed E-state index contributed by atoms with van der Waals surface area (Å²) >= 11 is 0. The number of rotatable bonds is 49. The maximum atomic E-state index is 12.8. The van der Waals surface area contributed by atoms with E-state index in [-0.39, 0.29) is 31.1 Å². The summed E-state index contributed by atoms with van der Waals surface area (Å²) in [6.07, 6.45) is 50.9. The third kappa shape index (κ3) is 47.5. The number of carbonyl (C=O) groups is 3. The first kappa shape index (κ1) is 58.4. The molecule has 0 rings (SSSR count). The number of carbonyl (C=O) groups excluding carboxylic acids is 3. The van der Waals surface area contributed by atoms with Crippen LogP contribution in [0.1, 0.15) is 304 Å². The van der Waals surface area contributed by atoms with E-state index in [0.29, 0.717) is 19.3 Å². The lowest BCUT2D eigenvalue weighted by atomic mass is 10.0. The second-order valence-corrected chi connectivity index (χ2v) is 19.0. The number of hydrogen-bond acceptors (Lipinski definition) is 6. The molecular weight excluding hydrogens is 745 g/mol. The number of hydrogen-bond donors (Lipinski definition) is 0. The van der Waals surface area contributed by atoms with Gasteiger partial charge in [-0.15, -0.1) is 0 Å². The van der Waals surface area contributed by atoms with Crippen LogP contribution in [0.2, 0.25) is 0 Å². The van der Waals surface area contributed by atoms with Gasteiger partial charge in [0.15, 0.2) is 6.10 Å². The molecule has 0 fully saturated rings. The Morgan fingerprint density at radius 3 is 0.817 bits per heavy atom. The zero-order valence-corrected chi connectivity index (χ0v) is 40.9. The van der Waals surface area contributed by atoms with Crippen molar-refractivity contribution in [3.63, 3.8) is 0 Å². The van der Waals surface area contributed by atoms with Crippen LogP contribution in [0.3, 0.4) is 0 Å². The van der Waals surface area contributed by atoms with Crippen molar-refractivity contribution in [1.82, 2.24) is 0 Å². The monoisotopic (exact) mass is 849 g/mol. The minimum atomic E-state index is -0.761. The van der Waals surface area contributed by atoms with Gasteiger partial charge in [-0.3, -0.25) is 14.4 Å². The molecule has 0 spiro atoms. The van der Waals surface area contributed by atoms with Crippen molar-refractivity contribution in [3.05, 3.63) is 0 Å². The Labute approximate surface area is 374 Å². The summed E-state index contributed by atoms with van der Waals surface area (Å²) in [7, 11) is 0. The second kappa shape index (κ2) is 48.4. The Bertz CT molecular complexity index is 903. The van der Waals surface area contributed by atoms with Crippen LogP contribution in [0.15, 0.2) is 0 Å². The van der Waals surface area contributed by atoms with Crippen molar-refractivity contribution in [1.29, 1.82) is 0 Å². The summed E-state index contributed by atoms with van der Waals surface area (Å²) in [5, 5.41) is 0. The Morgan fingerprint density at radius 1 is 0.317 bits per heavy atom. The highest BCUT2D eigenvalue weighted by Crippen LogP contribution is 2.17. The van der Waals surface area contributed by atoms with Crippen LogP contribution in [0.25, 0.3) is 0 Å². The number of unbranched alkanes of at least 4 members (excludes halogenated alkanes) is 36. The van der Waals surface area contributed by atoms with Gasteiger partial charge in [0.25, 0.3) is 0 Å². The Balaban J connectivity index is 4.26. The summed E-state index contributed by atoms with van der Waals surface area (Å²) in [5.74, 6) is -0.0377. The molecule has 0 heterocycles. The standard InChI is InChI=1S/C54H104O6/c1-5-7-9-11-13-15-17-19-20-21-22-23-24-26-30-34-38-42-46-53(56)59-49-51(60-54(57)47-43-39-35-31-27-28-32-36-40-44-50(3)4)48-58-52(55)45-41-37-33-29-25-18-16-14-12-10-8-6-2/h50-51H,5-49H2,1-4H3/t51-/m1/s1. The fraction of sp³-hybridized carbons (Fsp3) is 0.944. The third-order valence-electron chi connectivity index (χ3n) is 12.3. The van der Waals surface area contributed by atoms with Gasteiger partial charge in [0, 0.05) is 19.3 Å². The van der Waals surface area contributed by atoms with Crippen LogP contribution in [0.5, 0.6) is 0 Å². The van der Waals surface area contributed by atoms with E-state index in [2.05, 4.69) is 27.7 Å². The van der Waals surface area contributed by atoms with Gasteiger partial charge < -0.3 is 14.2 Å². The van der Waals surface area contributed by atoms with Crippen molar-refractivity contribution < 1.29 is 28.6 Å². The fourth-order valence-electron chi connectivity index (χ4n) is 8.22. The van der Waals surface area contributed by atoms with E-state index < -0.39 is 6.10 Å². The molecule has 0 radical (unpaired) electrons. The van der Waals surface area contributed by atoms with Crippen molar-refractivity contribution in [2.24, 2.45) is 5.92 Å². The average Bonchev–Trinajstić information content (AvgIpc) is 3.23. The van der Waals surface area contributed by atoms with Crippen LogP contribution in [-0.4, -0.2) is 37.2 Å². The maximum Gasteiger partial charge on any atom is 0.306 e. The SMILES string of the molecule is CCCCCCCCCCCCCCCCCCCCC(=O)OC[C@@H](COC(=O)CCCCCCCCCCCCCC)OC(=O)CCCCCCCCCCCC(C)C. The zero-order valence-electron chi connectivity index (χ0n) is 40.9. The molecule has 0 N–H and O–H groups in total. The molecule has 0 aliphatic heterocycles.